The molecule has 0 bridgehead atoms. The fraction of sp³-hybridized carbons (Fsp3) is 0.312. The Hall–Kier alpha value is -4.66. The van der Waals surface area contributed by atoms with Crippen LogP contribution < -0.4 is 20.1 Å². The zero-order valence-electron chi connectivity index (χ0n) is 26.2. The molecule has 0 amide bonds. The maximum atomic E-state index is 15.9. The zero-order chi connectivity index (χ0) is 34.1. The highest BCUT2D eigenvalue weighted by Crippen LogP contribution is 2.49. The highest BCUT2D eigenvalue weighted by atomic mass is 31.2. The quantitative estimate of drug-likeness (QED) is 0.124. The first-order valence-corrected chi connectivity index (χ1v) is 16.5. The van der Waals surface area contributed by atoms with Gasteiger partial charge in [-0.15, -0.1) is 0 Å². The maximum Gasteiger partial charge on any atom is 0.459 e. The van der Waals surface area contributed by atoms with Gasteiger partial charge in [-0.05, 0) is 30.9 Å². The van der Waals surface area contributed by atoms with Crippen LogP contribution in [-0.2, 0) is 30.0 Å². The average molecular weight is 681 g/mol. The Kier molecular flexibility index (Phi) is 9.32. The van der Waals surface area contributed by atoms with E-state index in [1.165, 1.54) is 31.9 Å². The summed E-state index contributed by atoms with van der Waals surface area (Å²) in [7, 11) is -3.08. The van der Waals surface area contributed by atoms with E-state index in [2.05, 4.69) is 20.0 Å². The minimum atomic E-state index is -4.46. The summed E-state index contributed by atoms with van der Waals surface area (Å²) in [6.45, 7) is 2.02. The second kappa shape index (κ2) is 13.5. The predicted molar refractivity (Wildman–Crippen MR) is 173 cm³/mol. The number of carbonyl (C=O) groups is 1. The van der Waals surface area contributed by atoms with Gasteiger partial charge in [0, 0.05) is 5.39 Å². The molecule has 0 saturated carbocycles. The number of hydrogen-bond acceptors (Lipinski definition) is 12. The van der Waals surface area contributed by atoms with Crippen LogP contribution in [0.3, 0.4) is 0 Å². The molecule has 16 heteroatoms. The number of aliphatic hydroxyl groups is 1. The molecule has 1 aliphatic heterocycles. The Morgan fingerprint density at radius 3 is 2.65 bits per heavy atom. The van der Waals surface area contributed by atoms with E-state index >= 15 is 4.39 Å². The molecule has 5 aromatic rings. The molecule has 0 aliphatic carbocycles. The molecule has 14 nitrogen and oxygen atoms in total. The molecule has 48 heavy (non-hydrogen) atoms. The van der Waals surface area contributed by atoms with Gasteiger partial charge in [-0.1, -0.05) is 66.7 Å². The van der Waals surface area contributed by atoms with Gasteiger partial charge < -0.3 is 29.6 Å². The lowest BCUT2D eigenvalue weighted by atomic mass is 9.98. The Labute approximate surface area is 274 Å². The van der Waals surface area contributed by atoms with Crippen LogP contribution in [0.5, 0.6) is 11.6 Å². The number of fused-ring (bicyclic) bond motifs is 2. The molecule has 0 radical (unpaired) electrons. The minimum absolute atomic E-state index is 0.0116. The summed E-state index contributed by atoms with van der Waals surface area (Å²) in [5.41, 5.74) is 4.81. The van der Waals surface area contributed by atoms with Crippen LogP contribution in [0.15, 0.2) is 79.1 Å². The number of esters is 1. The molecule has 1 saturated heterocycles. The van der Waals surface area contributed by atoms with Crippen molar-refractivity contribution in [2.45, 2.75) is 50.6 Å². The van der Waals surface area contributed by atoms with Gasteiger partial charge in [-0.3, -0.25) is 13.9 Å². The molecule has 2 aromatic heterocycles. The fourth-order valence-corrected chi connectivity index (χ4v) is 6.91. The van der Waals surface area contributed by atoms with Crippen LogP contribution in [0.2, 0.25) is 0 Å². The van der Waals surface area contributed by atoms with Crippen molar-refractivity contribution in [3.05, 3.63) is 84.7 Å². The molecule has 6 rings (SSSR count). The number of carbonyl (C=O) groups excluding carboxylic acids is 1. The van der Waals surface area contributed by atoms with Gasteiger partial charge in [0.15, 0.2) is 23.6 Å². The SMILES string of the molecule is COc1nc(N)nc2c1ncn2[C@@H]1O[C@H](COP(=O)(N[C@@H](C)C(=O)OCc2ccccc2)Oc2cccc3ccccc23)[C@H](F)[C@@]1(C)O. The van der Waals surface area contributed by atoms with Gasteiger partial charge in [0.05, 0.1) is 20.0 Å². The molecule has 1 fully saturated rings. The number of hydrogen-bond donors (Lipinski definition) is 3. The Bertz CT molecular complexity index is 1970. The fourth-order valence-electron chi connectivity index (χ4n) is 5.39. The molecule has 252 valence electrons. The highest BCUT2D eigenvalue weighted by Gasteiger charge is 2.55. The summed E-state index contributed by atoms with van der Waals surface area (Å²) < 4.78 is 59.9. The number of aromatic nitrogens is 4. The Morgan fingerprint density at radius 2 is 1.88 bits per heavy atom. The lowest BCUT2D eigenvalue weighted by Crippen LogP contribution is -2.42. The molecule has 1 aliphatic rings. The summed E-state index contributed by atoms with van der Waals surface area (Å²) in [4.78, 5) is 25.3. The molecule has 0 spiro atoms. The first-order chi connectivity index (χ1) is 23.0. The average Bonchev–Trinajstić information content (AvgIpc) is 3.59. The maximum absolute atomic E-state index is 15.9. The number of nitrogen functional groups attached to an aromatic ring is 1. The van der Waals surface area contributed by atoms with Crippen molar-refractivity contribution >= 4 is 41.6 Å². The van der Waals surface area contributed by atoms with E-state index in [1.807, 2.05) is 36.4 Å². The molecule has 6 atom stereocenters. The van der Waals surface area contributed by atoms with E-state index in [-0.39, 0.29) is 35.3 Å². The first-order valence-electron chi connectivity index (χ1n) is 15.0. The van der Waals surface area contributed by atoms with Gasteiger partial charge in [-0.2, -0.15) is 15.1 Å². The summed E-state index contributed by atoms with van der Waals surface area (Å²) in [6.07, 6.45) is -3.56. The van der Waals surface area contributed by atoms with Crippen molar-refractivity contribution in [3.8, 4) is 11.6 Å². The largest absolute Gasteiger partial charge is 0.479 e. The highest BCUT2D eigenvalue weighted by molar-refractivity contribution is 7.52. The lowest BCUT2D eigenvalue weighted by molar-refractivity contribution is -0.146. The number of nitrogens with zero attached hydrogens (tertiary/aromatic N) is 4. The lowest BCUT2D eigenvalue weighted by Gasteiger charge is -2.26. The third-order valence-electron chi connectivity index (χ3n) is 7.85. The molecule has 3 heterocycles. The van der Waals surface area contributed by atoms with E-state index in [0.29, 0.717) is 5.39 Å². The van der Waals surface area contributed by atoms with Gasteiger partial charge in [0.1, 0.15) is 30.1 Å². The van der Waals surface area contributed by atoms with Crippen LogP contribution in [0.25, 0.3) is 21.9 Å². The minimum Gasteiger partial charge on any atom is -0.479 e. The topological polar surface area (TPSA) is 182 Å². The van der Waals surface area contributed by atoms with E-state index in [0.717, 1.165) is 10.9 Å². The monoisotopic (exact) mass is 680 g/mol. The number of anilines is 1. The second-order valence-corrected chi connectivity index (χ2v) is 13.1. The van der Waals surface area contributed by atoms with Crippen molar-refractivity contribution < 1.29 is 42.1 Å². The summed E-state index contributed by atoms with van der Waals surface area (Å²) in [6, 6.07) is 20.3. The number of alkyl halides is 1. The summed E-state index contributed by atoms with van der Waals surface area (Å²) >= 11 is 0. The van der Waals surface area contributed by atoms with E-state index in [9.17, 15) is 14.5 Å². The van der Waals surface area contributed by atoms with Gasteiger partial charge in [-0.25, -0.2) is 13.9 Å². The summed E-state index contributed by atoms with van der Waals surface area (Å²) in [5.74, 6) is -0.584. The number of halogens is 1. The van der Waals surface area contributed by atoms with E-state index < -0.39 is 50.5 Å². The molecule has 3 aromatic carbocycles. The number of methoxy groups -OCH3 is 1. The predicted octanol–water partition coefficient (Wildman–Crippen LogP) is 4.48. The number of rotatable bonds is 12. The third-order valence-corrected chi connectivity index (χ3v) is 9.48. The number of imidazole rings is 1. The molecular formula is C32H34FN6O8P. The smallest absolute Gasteiger partial charge is 0.459 e. The van der Waals surface area contributed by atoms with Crippen LogP contribution in [0.1, 0.15) is 25.6 Å². The Balaban J connectivity index is 1.24. The summed E-state index contributed by atoms with van der Waals surface area (Å²) in [5, 5.41) is 15.3. The molecule has 1 unspecified atom stereocenters. The normalized spacial score (nSPS) is 22.7. The van der Waals surface area contributed by atoms with Crippen LogP contribution in [0.4, 0.5) is 10.3 Å². The van der Waals surface area contributed by atoms with Crippen molar-refractivity contribution in [2.75, 3.05) is 19.5 Å². The standard InChI is InChI=1S/C32H34FN6O8P/c1-19(29(40)44-16-20-10-5-4-6-11-20)38-48(42,47-23-15-9-13-21-12-7-8-14-22(21)23)45-17-24-26(33)32(2,41)30(46-24)39-18-35-25-27(39)36-31(34)37-28(25)43-3/h4-15,18-19,24,26,30,41H,16-17H2,1-3H3,(H,38,42)(H2,34,36,37)/t19-,24+,26-,30+,32+,48?/m0/s1. The Morgan fingerprint density at radius 1 is 1.15 bits per heavy atom. The van der Waals surface area contributed by atoms with Crippen LogP contribution in [0, 0.1) is 0 Å². The second-order valence-electron chi connectivity index (χ2n) is 11.4. The first kappa shape index (κ1) is 33.2. The molecule has 4 N–H and O–H groups in total. The van der Waals surface area contributed by atoms with E-state index in [1.54, 1.807) is 36.4 Å². The number of nitrogens with two attached hydrogens (primary N) is 1. The number of ether oxygens (including phenoxy) is 3. The van der Waals surface area contributed by atoms with E-state index in [4.69, 9.17) is 29.0 Å². The van der Waals surface area contributed by atoms with Crippen LogP contribution in [-0.4, -0.2) is 68.2 Å². The van der Waals surface area contributed by atoms with Crippen molar-refractivity contribution in [1.29, 1.82) is 0 Å². The van der Waals surface area contributed by atoms with Gasteiger partial charge >= 0.3 is 13.7 Å². The van der Waals surface area contributed by atoms with Gasteiger partial charge in [0.25, 0.3) is 0 Å². The number of nitrogens with one attached hydrogen (secondary N) is 1. The van der Waals surface area contributed by atoms with Crippen LogP contribution >= 0.6 is 7.75 Å². The van der Waals surface area contributed by atoms with Crippen molar-refractivity contribution in [2.24, 2.45) is 0 Å². The third kappa shape index (κ3) is 6.68. The zero-order valence-corrected chi connectivity index (χ0v) is 27.1. The van der Waals surface area contributed by atoms with Crippen molar-refractivity contribution in [1.82, 2.24) is 24.6 Å². The molecular weight excluding hydrogens is 646 g/mol. The van der Waals surface area contributed by atoms with Crippen molar-refractivity contribution in [3.63, 3.8) is 0 Å². The van der Waals surface area contributed by atoms with Gasteiger partial charge in [0.2, 0.25) is 11.8 Å². The number of benzene rings is 3.